The number of anilines is 2. The van der Waals surface area contributed by atoms with E-state index in [1.165, 1.54) is 22.8 Å². The number of hydrogen-bond donors (Lipinski definition) is 2. The second kappa shape index (κ2) is 6.88. The number of rotatable bonds is 3. The summed E-state index contributed by atoms with van der Waals surface area (Å²) in [7, 11) is -2.65. The Bertz CT molecular complexity index is 1630. The van der Waals surface area contributed by atoms with Crippen molar-refractivity contribution in [1.29, 1.82) is 0 Å². The van der Waals surface area contributed by atoms with Gasteiger partial charge in [0.05, 0.1) is 21.7 Å². The maximum Gasteiger partial charge on any atom is 0.294 e. The van der Waals surface area contributed by atoms with Gasteiger partial charge >= 0.3 is 0 Å². The average molecular weight is 446 g/mol. The number of aryl methyl sites for hydroxylation is 2. The third-order valence-electron chi connectivity index (χ3n) is 5.87. The molecule has 32 heavy (non-hydrogen) atoms. The summed E-state index contributed by atoms with van der Waals surface area (Å²) in [5, 5.41) is 3.92. The Hall–Kier alpha value is -3.75. The Morgan fingerprint density at radius 3 is 2.25 bits per heavy atom. The molecule has 4 aromatic rings. The maximum absolute atomic E-state index is 13.5. The van der Waals surface area contributed by atoms with Crippen LogP contribution >= 0.6 is 0 Å². The predicted octanol–water partition coefficient (Wildman–Crippen LogP) is 4.05. The molecule has 5 rings (SSSR count). The van der Waals surface area contributed by atoms with Crippen LogP contribution in [0.3, 0.4) is 0 Å². The molecule has 0 unspecified atom stereocenters. The molecule has 0 saturated carbocycles. The maximum atomic E-state index is 13.5. The van der Waals surface area contributed by atoms with E-state index in [2.05, 4.69) is 5.32 Å². The van der Waals surface area contributed by atoms with Crippen LogP contribution in [0.4, 0.5) is 11.4 Å². The Kier molecular flexibility index (Phi) is 4.34. The highest BCUT2D eigenvalue weighted by molar-refractivity contribution is 7.85. The molecule has 3 aromatic carbocycles. The van der Waals surface area contributed by atoms with Crippen molar-refractivity contribution in [3.63, 3.8) is 0 Å². The van der Waals surface area contributed by atoms with Gasteiger partial charge in [-0.3, -0.25) is 14.1 Å². The minimum absolute atomic E-state index is 0.160. The number of aromatic nitrogens is 1. The highest BCUT2D eigenvalue weighted by atomic mass is 32.2. The van der Waals surface area contributed by atoms with E-state index in [0.717, 1.165) is 5.56 Å². The third-order valence-corrected chi connectivity index (χ3v) is 6.72. The minimum Gasteiger partial charge on any atom is -0.355 e. The van der Waals surface area contributed by atoms with Crippen molar-refractivity contribution in [3.05, 3.63) is 87.7 Å². The van der Waals surface area contributed by atoms with Crippen LogP contribution < -0.4 is 10.9 Å². The normalized spacial score (nSPS) is 12.7. The molecule has 1 heterocycles. The molecule has 0 atom stereocenters. The quantitative estimate of drug-likeness (QED) is 0.405. The van der Waals surface area contributed by atoms with E-state index >= 15 is 0 Å². The highest BCUT2D eigenvalue weighted by Gasteiger charge is 2.29. The lowest BCUT2D eigenvalue weighted by molar-refractivity contribution is 0.104. The molecular weight excluding hydrogens is 428 g/mol. The van der Waals surface area contributed by atoms with E-state index in [1.807, 2.05) is 12.1 Å². The minimum atomic E-state index is -4.32. The van der Waals surface area contributed by atoms with Crippen molar-refractivity contribution in [1.82, 2.24) is 4.57 Å². The first kappa shape index (κ1) is 20.2. The van der Waals surface area contributed by atoms with Crippen molar-refractivity contribution in [2.45, 2.75) is 11.8 Å². The van der Waals surface area contributed by atoms with Gasteiger partial charge in [-0.25, -0.2) is 0 Å². The smallest absolute Gasteiger partial charge is 0.294 e. The Labute approximate surface area is 183 Å². The van der Waals surface area contributed by atoms with Gasteiger partial charge in [-0.2, -0.15) is 8.42 Å². The fourth-order valence-electron chi connectivity index (χ4n) is 4.24. The van der Waals surface area contributed by atoms with E-state index < -0.39 is 10.1 Å². The number of carbonyl (C=O) groups excluding carboxylic acids is 1. The molecule has 0 saturated heterocycles. The third kappa shape index (κ3) is 2.96. The van der Waals surface area contributed by atoms with Crippen LogP contribution in [0.1, 0.15) is 21.5 Å². The topological polar surface area (TPSA) is 105 Å². The van der Waals surface area contributed by atoms with E-state index in [9.17, 15) is 22.6 Å². The zero-order chi connectivity index (χ0) is 22.8. The van der Waals surface area contributed by atoms with E-state index in [-0.39, 0.29) is 16.2 Å². The average Bonchev–Trinajstić information content (AvgIpc) is 2.75. The Balaban J connectivity index is 1.76. The monoisotopic (exact) mass is 446 g/mol. The van der Waals surface area contributed by atoms with Crippen molar-refractivity contribution in [3.8, 4) is 11.1 Å². The number of benzene rings is 3. The molecule has 160 valence electrons. The summed E-state index contributed by atoms with van der Waals surface area (Å²) in [6, 6.07) is 16.5. The first-order chi connectivity index (χ1) is 15.2. The van der Waals surface area contributed by atoms with Crippen LogP contribution in [0.2, 0.25) is 0 Å². The van der Waals surface area contributed by atoms with E-state index in [4.69, 9.17) is 0 Å². The van der Waals surface area contributed by atoms with Gasteiger partial charge in [-0.15, -0.1) is 0 Å². The lowest BCUT2D eigenvalue weighted by atomic mass is 9.83. The van der Waals surface area contributed by atoms with Gasteiger partial charge in [-0.1, -0.05) is 24.3 Å². The molecule has 1 aliphatic rings. The molecule has 1 aromatic heterocycles. The van der Waals surface area contributed by atoms with Crippen LogP contribution in [-0.2, 0) is 17.2 Å². The zero-order valence-electron chi connectivity index (χ0n) is 17.2. The molecule has 0 bridgehead atoms. The van der Waals surface area contributed by atoms with E-state index in [1.54, 1.807) is 44.3 Å². The van der Waals surface area contributed by atoms with Crippen LogP contribution in [0.5, 0.6) is 0 Å². The van der Waals surface area contributed by atoms with Crippen LogP contribution in [0.15, 0.2) is 70.4 Å². The number of nitrogens with one attached hydrogen (secondary N) is 1. The number of pyridine rings is 1. The van der Waals surface area contributed by atoms with Gasteiger partial charge in [0.1, 0.15) is 0 Å². The lowest BCUT2D eigenvalue weighted by Crippen LogP contribution is -2.21. The Morgan fingerprint density at radius 2 is 1.56 bits per heavy atom. The molecule has 1 aliphatic carbocycles. The second-order valence-corrected chi connectivity index (χ2v) is 9.21. The summed E-state index contributed by atoms with van der Waals surface area (Å²) in [4.78, 5) is 25.9. The molecule has 2 N–H and O–H groups in total. The highest BCUT2D eigenvalue weighted by Crippen LogP contribution is 2.42. The zero-order valence-corrected chi connectivity index (χ0v) is 18.0. The van der Waals surface area contributed by atoms with Crippen molar-refractivity contribution < 1.29 is 17.8 Å². The molecule has 0 amide bonds. The van der Waals surface area contributed by atoms with Crippen LogP contribution in [0, 0.1) is 6.92 Å². The number of ketones is 1. The number of nitrogens with zero attached hydrogens (tertiary/aromatic N) is 1. The van der Waals surface area contributed by atoms with Gasteiger partial charge in [0.15, 0.2) is 5.78 Å². The summed E-state index contributed by atoms with van der Waals surface area (Å²) in [5.74, 6) is -0.160. The number of hydrogen-bond acceptors (Lipinski definition) is 5. The Morgan fingerprint density at radius 1 is 0.875 bits per heavy atom. The van der Waals surface area contributed by atoms with Crippen molar-refractivity contribution in [2.75, 3.05) is 5.32 Å². The summed E-state index contributed by atoms with van der Waals surface area (Å²) in [5.41, 5.74) is 4.58. The molecular formula is C24H18N2O5S. The predicted molar refractivity (Wildman–Crippen MR) is 122 cm³/mol. The molecule has 7 nitrogen and oxygen atoms in total. The summed E-state index contributed by atoms with van der Waals surface area (Å²) in [6.07, 6.45) is 0. The van der Waals surface area contributed by atoms with Gasteiger partial charge in [0.2, 0.25) is 0 Å². The fraction of sp³-hybridized carbons (Fsp3) is 0.0833. The summed E-state index contributed by atoms with van der Waals surface area (Å²) < 4.78 is 33.7. The van der Waals surface area contributed by atoms with Gasteiger partial charge in [-0.05, 0) is 53.9 Å². The molecule has 8 heteroatoms. The fourth-order valence-corrected chi connectivity index (χ4v) is 4.81. The standard InChI is InChI=1S/C24H18N2O5S/c1-13-11-14(32(29,30)31)7-8-18(13)25-19-9-10-20-22-17(12-21(27)26(20)2)15-5-3-4-6-16(15)24(28)23(19)22/h3-12,25H,1-2H3,(H,29,30,31). The second-order valence-electron chi connectivity index (χ2n) is 7.79. The SMILES string of the molecule is Cc1cc(S(=O)(=O)O)ccc1Nc1ccc2c3c(cc(=O)n2C)-c2ccccc2C(=O)c13. The molecule has 0 fully saturated rings. The van der Waals surface area contributed by atoms with Crippen molar-refractivity contribution >= 4 is 38.2 Å². The van der Waals surface area contributed by atoms with E-state index in [0.29, 0.717) is 44.5 Å². The summed E-state index contributed by atoms with van der Waals surface area (Å²) in [6.45, 7) is 1.70. The van der Waals surface area contributed by atoms with Crippen LogP contribution in [0.25, 0.3) is 22.0 Å². The summed E-state index contributed by atoms with van der Waals surface area (Å²) >= 11 is 0. The van der Waals surface area contributed by atoms with Gasteiger partial charge < -0.3 is 9.88 Å². The molecule has 0 radical (unpaired) electrons. The number of fused-ring (bicyclic) bond motifs is 2. The van der Waals surface area contributed by atoms with Gasteiger partial charge in [0.25, 0.3) is 15.7 Å². The lowest BCUT2D eigenvalue weighted by Gasteiger charge is -2.24. The number of carbonyl (C=O) groups is 1. The van der Waals surface area contributed by atoms with Crippen LogP contribution in [-0.4, -0.2) is 23.3 Å². The first-order valence-corrected chi connectivity index (χ1v) is 11.3. The molecule has 0 spiro atoms. The van der Waals surface area contributed by atoms with Gasteiger partial charge in [0, 0.05) is 29.8 Å². The molecule has 0 aliphatic heterocycles. The largest absolute Gasteiger partial charge is 0.355 e. The first-order valence-electron chi connectivity index (χ1n) is 9.83. The van der Waals surface area contributed by atoms with Crippen molar-refractivity contribution in [2.24, 2.45) is 7.05 Å².